The zero-order valence-corrected chi connectivity index (χ0v) is 11.2. The first kappa shape index (κ1) is 12.6. The zero-order valence-electron chi connectivity index (χ0n) is 10.4. The van der Waals surface area contributed by atoms with Crippen LogP contribution in [0.25, 0.3) is 0 Å². The summed E-state index contributed by atoms with van der Waals surface area (Å²) < 4.78 is 0. The third-order valence-corrected chi connectivity index (χ3v) is 4.10. The SMILES string of the molecule is CC1CC(C(=O)NC(C)c2ccsc2)CCN1. The van der Waals surface area contributed by atoms with Crippen LogP contribution >= 0.6 is 11.3 Å². The Morgan fingerprint density at radius 2 is 2.47 bits per heavy atom. The van der Waals surface area contributed by atoms with Crippen LogP contribution < -0.4 is 10.6 Å². The van der Waals surface area contributed by atoms with Gasteiger partial charge in [-0.1, -0.05) is 0 Å². The molecule has 3 atom stereocenters. The quantitative estimate of drug-likeness (QED) is 0.867. The van der Waals surface area contributed by atoms with E-state index in [9.17, 15) is 4.79 Å². The summed E-state index contributed by atoms with van der Waals surface area (Å²) in [6.45, 7) is 5.14. The molecule has 94 valence electrons. The van der Waals surface area contributed by atoms with E-state index in [1.165, 1.54) is 5.56 Å². The monoisotopic (exact) mass is 252 g/mol. The Labute approximate surface area is 107 Å². The molecule has 17 heavy (non-hydrogen) atoms. The second-order valence-electron chi connectivity index (χ2n) is 4.86. The van der Waals surface area contributed by atoms with E-state index in [1.54, 1.807) is 11.3 Å². The maximum Gasteiger partial charge on any atom is 0.223 e. The highest BCUT2D eigenvalue weighted by molar-refractivity contribution is 7.07. The zero-order chi connectivity index (χ0) is 12.3. The molecule has 1 aromatic heterocycles. The number of carbonyl (C=O) groups is 1. The van der Waals surface area contributed by atoms with Crippen LogP contribution in [0.1, 0.15) is 38.3 Å². The average molecular weight is 252 g/mol. The van der Waals surface area contributed by atoms with E-state index in [1.807, 2.05) is 12.3 Å². The lowest BCUT2D eigenvalue weighted by atomic mass is 9.92. The number of thiophene rings is 1. The van der Waals surface area contributed by atoms with Crippen molar-refractivity contribution in [2.75, 3.05) is 6.54 Å². The largest absolute Gasteiger partial charge is 0.349 e. The summed E-state index contributed by atoms with van der Waals surface area (Å²) in [6.07, 6.45) is 1.90. The molecule has 2 N–H and O–H groups in total. The maximum absolute atomic E-state index is 12.1. The maximum atomic E-state index is 12.1. The van der Waals surface area contributed by atoms with Gasteiger partial charge in [0.05, 0.1) is 6.04 Å². The number of hydrogen-bond acceptors (Lipinski definition) is 3. The van der Waals surface area contributed by atoms with Gasteiger partial charge in [0.1, 0.15) is 0 Å². The van der Waals surface area contributed by atoms with E-state index in [0.29, 0.717) is 6.04 Å². The predicted octanol–water partition coefficient (Wildman–Crippen LogP) is 2.31. The van der Waals surface area contributed by atoms with Gasteiger partial charge in [-0.05, 0) is 55.6 Å². The van der Waals surface area contributed by atoms with Gasteiger partial charge in [-0.3, -0.25) is 4.79 Å². The van der Waals surface area contributed by atoms with Gasteiger partial charge in [-0.25, -0.2) is 0 Å². The minimum absolute atomic E-state index is 0.124. The van der Waals surface area contributed by atoms with Gasteiger partial charge in [0.2, 0.25) is 5.91 Å². The minimum atomic E-state index is 0.124. The van der Waals surface area contributed by atoms with Crippen molar-refractivity contribution in [1.29, 1.82) is 0 Å². The second-order valence-corrected chi connectivity index (χ2v) is 5.64. The molecule has 0 radical (unpaired) electrons. The molecule has 1 aromatic rings. The molecule has 2 heterocycles. The van der Waals surface area contributed by atoms with Crippen LogP contribution in [0.5, 0.6) is 0 Å². The summed E-state index contributed by atoms with van der Waals surface area (Å²) in [4.78, 5) is 12.1. The first-order chi connectivity index (χ1) is 8.16. The molecular weight excluding hydrogens is 232 g/mol. The molecule has 2 rings (SSSR count). The minimum Gasteiger partial charge on any atom is -0.349 e. The molecule has 1 aliphatic rings. The fourth-order valence-corrected chi connectivity index (χ4v) is 3.06. The Kier molecular flexibility index (Phi) is 4.18. The molecule has 0 saturated carbocycles. The molecule has 1 fully saturated rings. The van der Waals surface area contributed by atoms with Crippen LogP contribution in [-0.4, -0.2) is 18.5 Å². The van der Waals surface area contributed by atoms with Gasteiger partial charge < -0.3 is 10.6 Å². The van der Waals surface area contributed by atoms with Gasteiger partial charge >= 0.3 is 0 Å². The Bertz CT molecular complexity index is 364. The van der Waals surface area contributed by atoms with E-state index < -0.39 is 0 Å². The number of amides is 1. The van der Waals surface area contributed by atoms with Gasteiger partial charge in [0.25, 0.3) is 0 Å². The number of rotatable bonds is 3. The lowest BCUT2D eigenvalue weighted by Crippen LogP contribution is -2.42. The van der Waals surface area contributed by atoms with Crippen molar-refractivity contribution in [2.24, 2.45) is 5.92 Å². The Morgan fingerprint density at radius 1 is 1.65 bits per heavy atom. The molecule has 1 amide bonds. The number of piperidine rings is 1. The second kappa shape index (κ2) is 5.65. The molecule has 0 bridgehead atoms. The molecule has 3 unspecified atom stereocenters. The molecule has 0 aromatic carbocycles. The van der Waals surface area contributed by atoms with Gasteiger partial charge in [-0.2, -0.15) is 11.3 Å². The smallest absolute Gasteiger partial charge is 0.223 e. The number of hydrogen-bond donors (Lipinski definition) is 2. The highest BCUT2D eigenvalue weighted by atomic mass is 32.1. The van der Waals surface area contributed by atoms with Crippen molar-refractivity contribution in [3.63, 3.8) is 0 Å². The molecule has 4 heteroatoms. The highest BCUT2D eigenvalue weighted by Crippen LogP contribution is 2.20. The first-order valence-corrected chi connectivity index (χ1v) is 7.17. The molecule has 0 aliphatic carbocycles. The molecule has 0 spiro atoms. The Balaban J connectivity index is 1.88. The van der Waals surface area contributed by atoms with Crippen LogP contribution in [0, 0.1) is 5.92 Å². The van der Waals surface area contributed by atoms with Gasteiger partial charge in [0, 0.05) is 12.0 Å². The van der Waals surface area contributed by atoms with Crippen LogP contribution in [0.3, 0.4) is 0 Å². The van der Waals surface area contributed by atoms with E-state index in [0.717, 1.165) is 19.4 Å². The Hall–Kier alpha value is -0.870. The lowest BCUT2D eigenvalue weighted by Gasteiger charge is -2.28. The van der Waals surface area contributed by atoms with Gasteiger partial charge in [0.15, 0.2) is 0 Å². The lowest BCUT2D eigenvalue weighted by molar-refractivity contribution is -0.126. The van der Waals surface area contributed by atoms with Crippen molar-refractivity contribution >= 4 is 17.2 Å². The summed E-state index contributed by atoms with van der Waals surface area (Å²) in [7, 11) is 0. The topological polar surface area (TPSA) is 41.1 Å². The van der Waals surface area contributed by atoms with E-state index in [2.05, 4.69) is 29.0 Å². The van der Waals surface area contributed by atoms with Crippen molar-refractivity contribution < 1.29 is 4.79 Å². The van der Waals surface area contributed by atoms with Crippen molar-refractivity contribution in [3.8, 4) is 0 Å². The summed E-state index contributed by atoms with van der Waals surface area (Å²) in [5, 5.41) is 10.6. The van der Waals surface area contributed by atoms with Crippen molar-refractivity contribution in [3.05, 3.63) is 22.4 Å². The number of carbonyl (C=O) groups excluding carboxylic acids is 1. The summed E-state index contributed by atoms with van der Waals surface area (Å²) in [5.41, 5.74) is 1.20. The van der Waals surface area contributed by atoms with Crippen LogP contribution in [0.4, 0.5) is 0 Å². The summed E-state index contributed by atoms with van der Waals surface area (Å²) >= 11 is 1.67. The standard InChI is InChI=1S/C13H20N2OS/c1-9-7-11(3-5-14-9)13(16)15-10(2)12-4-6-17-8-12/h4,6,8-11,14H,3,5,7H2,1-2H3,(H,15,16). The Morgan fingerprint density at radius 3 is 3.12 bits per heavy atom. The molecular formula is C13H20N2OS. The molecule has 1 saturated heterocycles. The third kappa shape index (κ3) is 3.30. The third-order valence-electron chi connectivity index (χ3n) is 3.40. The summed E-state index contributed by atoms with van der Waals surface area (Å²) in [5.74, 6) is 0.379. The first-order valence-electron chi connectivity index (χ1n) is 6.22. The van der Waals surface area contributed by atoms with Crippen LogP contribution in [0.2, 0.25) is 0 Å². The van der Waals surface area contributed by atoms with Crippen LogP contribution in [0.15, 0.2) is 16.8 Å². The van der Waals surface area contributed by atoms with Crippen molar-refractivity contribution in [2.45, 2.75) is 38.8 Å². The van der Waals surface area contributed by atoms with Crippen LogP contribution in [-0.2, 0) is 4.79 Å². The average Bonchev–Trinajstić information content (AvgIpc) is 2.82. The van der Waals surface area contributed by atoms with Gasteiger partial charge in [-0.15, -0.1) is 0 Å². The van der Waals surface area contributed by atoms with E-state index >= 15 is 0 Å². The van der Waals surface area contributed by atoms with Crippen molar-refractivity contribution in [1.82, 2.24) is 10.6 Å². The fourth-order valence-electron chi connectivity index (χ4n) is 2.31. The molecule has 3 nitrogen and oxygen atoms in total. The highest BCUT2D eigenvalue weighted by Gasteiger charge is 2.25. The van der Waals surface area contributed by atoms with E-state index in [-0.39, 0.29) is 17.9 Å². The normalized spacial score (nSPS) is 26.5. The predicted molar refractivity (Wildman–Crippen MR) is 71.1 cm³/mol. The van der Waals surface area contributed by atoms with E-state index in [4.69, 9.17) is 0 Å². The molecule has 1 aliphatic heterocycles. The number of nitrogens with one attached hydrogen (secondary N) is 2. The fraction of sp³-hybridized carbons (Fsp3) is 0.615. The summed E-state index contributed by atoms with van der Waals surface area (Å²) in [6, 6.07) is 2.65.